The molecule has 3 amide bonds. The number of carbonyl (C=O) groups is 3. The second kappa shape index (κ2) is 8.20. The average molecular weight is 387 g/mol. The predicted octanol–water partition coefficient (Wildman–Crippen LogP) is 3.02. The molecule has 2 heterocycles. The Hall–Kier alpha value is -2.57. The molecule has 0 saturated carbocycles. The summed E-state index contributed by atoms with van der Waals surface area (Å²) in [7, 11) is 0. The van der Waals surface area contributed by atoms with E-state index in [0.717, 1.165) is 24.1 Å². The number of ether oxygens (including phenoxy) is 1. The molecule has 0 radical (unpaired) electrons. The smallest absolute Gasteiger partial charge is 0.410 e. The van der Waals surface area contributed by atoms with Crippen LogP contribution in [-0.2, 0) is 14.3 Å². The molecule has 28 heavy (non-hydrogen) atoms. The van der Waals surface area contributed by atoms with Crippen LogP contribution < -0.4 is 10.6 Å². The number of hydrogen-bond acceptors (Lipinski definition) is 5. The van der Waals surface area contributed by atoms with E-state index in [9.17, 15) is 14.4 Å². The van der Waals surface area contributed by atoms with Gasteiger partial charge in [0, 0.05) is 25.2 Å². The van der Waals surface area contributed by atoms with Crippen LogP contribution in [0.5, 0.6) is 0 Å². The minimum absolute atomic E-state index is 0.0779. The fourth-order valence-electron chi connectivity index (χ4n) is 3.72. The second-order valence-electron chi connectivity index (χ2n) is 8.48. The van der Waals surface area contributed by atoms with Crippen molar-refractivity contribution >= 4 is 23.6 Å². The van der Waals surface area contributed by atoms with Crippen molar-refractivity contribution in [2.24, 2.45) is 0 Å². The van der Waals surface area contributed by atoms with Crippen LogP contribution in [0.25, 0.3) is 0 Å². The number of carbonyl (C=O) groups excluding carboxylic acids is 3. The van der Waals surface area contributed by atoms with Gasteiger partial charge in [-0.05, 0) is 57.7 Å². The molecule has 1 aromatic rings. The van der Waals surface area contributed by atoms with E-state index < -0.39 is 5.60 Å². The highest BCUT2D eigenvalue weighted by molar-refractivity contribution is 6.01. The van der Waals surface area contributed by atoms with E-state index in [2.05, 4.69) is 10.6 Å². The Morgan fingerprint density at radius 3 is 2.79 bits per heavy atom. The zero-order valence-corrected chi connectivity index (χ0v) is 16.8. The maximum absolute atomic E-state index is 12.4. The number of benzene rings is 1. The lowest BCUT2D eigenvalue weighted by molar-refractivity contribution is -0.134. The molecule has 7 nitrogen and oxygen atoms in total. The summed E-state index contributed by atoms with van der Waals surface area (Å²) in [5, 5.41) is 5.79. The maximum atomic E-state index is 12.4. The number of rotatable bonds is 4. The Labute approximate surface area is 165 Å². The summed E-state index contributed by atoms with van der Waals surface area (Å²) in [6.45, 7) is 6.94. The van der Waals surface area contributed by atoms with Crippen molar-refractivity contribution < 1.29 is 19.1 Å². The minimum Gasteiger partial charge on any atom is -0.444 e. The third-order valence-corrected chi connectivity index (χ3v) is 5.08. The summed E-state index contributed by atoms with van der Waals surface area (Å²) in [6, 6.07) is 7.79. The zero-order valence-electron chi connectivity index (χ0n) is 16.8. The summed E-state index contributed by atoms with van der Waals surface area (Å²) < 4.78 is 5.51. The van der Waals surface area contributed by atoms with E-state index in [1.807, 2.05) is 45.0 Å². The SMILES string of the molecule is CC(C)(C)OC(=O)N1CCC[C@H]1CNc1cccc(C2CCC(=O)NC2=O)c1. The molecule has 2 fully saturated rings. The summed E-state index contributed by atoms with van der Waals surface area (Å²) in [6.07, 6.45) is 2.51. The van der Waals surface area contributed by atoms with Gasteiger partial charge in [0.15, 0.2) is 0 Å². The van der Waals surface area contributed by atoms with Gasteiger partial charge in [-0.15, -0.1) is 0 Å². The van der Waals surface area contributed by atoms with Gasteiger partial charge in [-0.3, -0.25) is 14.9 Å². The van der Waals surface area contributed by atoms with E-state index in [4.69, 9.17) is 4.74 Å². The van der Waals surface area contributed by atoms with Crippen molar-refractivity contribution in [1.29, 1.82) is 0 Å². The van der Waals surface area contributed by atoms with Crippen molar-refractivity contribution in [3.05, 3.63) is 29.8 Å². The van der Waals surface area contributed by atoms with E-state index in [1.54, 1.807) is 4.90 Å². The monoisotopic (exact) mass is 387 g/mol. The first-order valence-corrected chi connectivity index (χ1v) is 9.90. The molecular weight excluding hydrogens is 358 g/mol. The fraction of sp³-hybridized carbons (Fsp3) is 0.571. The lowest BCUT2D eigenvalue weighted by Gasteiger charge is -2.29. The second-order valence-corrected chi connectivity index (χ2v) is 8.48. The highest BCUT2D eigenvalue weighted by Gasteiger charge is 2.32. The number of likely N-dealkylation sites (tertiary alicyclic amines) is 1. The molecule has 2 N–H and O–H groups in total. The average Bonchev–Trinajstić information content (AvgIpc) is 3.07. The van der Waals surface area contributed by atoms with Gasteiger partial charge in [0.1, 0.15) is 5.60 Å². The molecule has 2 aliphatic rings. The highest BCUT2D eigenvalue weighted by atomic mass is 16.6. The lowest BCUT2D eigenvalue weighted by Crippen LogP contribution is -2.42. The van der Waals surface area contributed by atoms with Crippen LogP contribution in [0.2, 0.25) is 0 Å². The maximum Gasteiger partial charge on any atom is 0.410 e. The number of nitrogens with one attached hydrogen (secondary N) is 2. The van der Waals surface area contributed by atoms with E-state index >= 15 is 0 Å². The Morgan fingerprint density at radius 2 is 2.07 bits per heavy atom. The van der Waals surface area contributed by atoms with Crippen molar-refractivity contribution in [3.63, 3.8) is 0 Å². The normalized spacial score (nSPS) is 22.8. The Morgan fingerprint density at radius 1 is 1.29 bits per heavy atom. The van der Waals surface area contributed by atoms with E-state index in [1.165, 1.54) is 0 Å². The third kappa shape index (κ3) is 5.03. The molecule has 1 aromatic carbocycles. The molecule has 2 aliphatic heterocycles. The topological polar surface area (TPSA) is 87.7 Å². The Bertz CT molecular complexity index is 756. The fourth-order valence-corrected chi connectivity index (χ4v) is 3.72. The van der Waals surface area contributed by atoms with Crippen LogP contribution in [0.1, 0.15) is 57.9 Å². The zero-order chi connectivity index (χ0) is 20.3. The van der Waals surface area contributed by atoms with E-state index in [0.29, 0.717) is 25.9 Å². The van der Waals surface area contributed by atoms with Crippen LogP contribution in [0.3, 0.4) is 0 Å². The molecule has 0 spiro atoms. The van der Waals surface area contributed by atoms with Crippen LogP contribution in [-0.4, -0.2) is 47.5 Å². The van der Waals surface area contributed by atoms with Crippen molar-refractivity contribution in [2.45, 2.75) is 64.0 Å². The molecule has 7 heteroatoms. The Kier molecular flexibility index (Phi) is 5.91. The standard InChI is InChI=1S/C21H29N3O4/c1-21(2,3)28-20(27)24-11-5-8-16(24)13-22-15-7-4-6-14(12-15)17-9-10-18(25)23-19(17)26/h4,6-7,12,16-17,22H,5,8-11,13H2,1-3H3,(H,23,25,26)/t16-,17?/m0/s1. The molecule has 2 saturated heterocycles. The van der Waals surface area contributed by atoms with Gasteiger partial charge < -0.3 is 15.0 Å². The van der Waals surface area contributed by atoms with Crippen LogP contribution in [0.15, 0.2) is 24.3 Å². The first-order valence-electron chi connectivity index (χ1n) is 9.90. The molecule has 2 atom stereocenters. The quantitative estimate of drug-likeness (QED) is 0.776. The molecule has 0 bridgehead atoms. The summed E-state index contributed by atoms with van der Waals surface area (Å²) in [5.41, 5.74) is 1.29. The Balaban J connectivity index is 1.61. The number of anilines is 1. The van der Waals surface area contributed by atoms with Crippen molar-refractivity contribution in [2.75, 3.05) is 18.4 Å². The van der Waals surface area contributed by atoms with Gasteiger partial charge in [0.25, 0.3) is 0 Å². The highest BCUT2D eigenvalue weighted by Crippen LogP contribution is 2.27. The molecular formula is C21H29N3O4. The van der Waals surface area contributed by atoms with Crippen LogP contribution in [0.4, 0.5) is 10.5 Å². The summed E-state index contributed by atoms with van der Waals surface area (Å²) >= 11 is 0. The number of piperidine rings is 1. The molecule has 0 aromatic heterocycles. The van der Waals surface area contributed by atoms with Crippen LogP contribution >= 0.6 is 0 Å². The number of nitrogens with zero attached hydrogens (tertiary/aromatic N) is 1. The van der Waals surface area contributed by atoms with Gasteiger partial charge in [-0.25, -0.2) is 4.79 Å². The van der Waals surface area contributed by atoms with Gasteiger partial charge >= 0.3 is 6.09 Å². The molecule has 1 unspecified atom stereocenters. The molecule has 0 aliphatic carbocycles. The van der Waals surface area contributed by atoms with Gasteiger partial charge in [0.05, 0.1) is 12.0 Å². The lowest BCUT2D eigenvalue weighted by atomic mass is 9.90. The van der Waals surface area contributed by atoms with Crippen LogP contribution in [0, 0.1) is 0 Å². The van der Waals surface area contributed by atoms with Gasteiger partial charge in [0.2, 0.25) is 11.8 Å². The van der Waals surface area contributed by atoms with Crippen molar-refractivity contribution in [1.82, 2.24) is 10.2 Å². The predicted molar refractivity (Wildman–Crippen MR) is 106 cm³/mol. The minimum atomic E-state index is -0.506. The van der Waals surface area contributed by atoms with Gasteiger partial charge in [-0.2, -0.15) is 0 Å². The largest absolute Gasteiger partial charge is 0.444 e. The van der Waals surface area contributed by atoms with Crippen molar-refractivity contribution in [3.8, 4) is 0 Å². The van der Waals surface area contributed by atoms with E-state index in [-0.39, 0.29) is 29.9 Å². The first-order chi connectivity index (χ1) is 13.2. The first kappa shape index (κ1) is 20.2. The number of hydrogen-bond donors (Lipinski definition) is 2. The third-order valence-electron chi connectivity index (χ3n) is 5.08. The summed E-state index contributed by atoms with van der Waals surface area (Å²) in [4.78, 5) is 37.7. The summed E-state index contributed by atoms with van der Waals surface area (Å²) in [5.74, 6) is -0.747. The number of amides is 3. The molecule has 3 rings (SSSR count). The number of imide groups is 1. The molecule has 152 valence electrons. The van der Waals surface area contributed by atoms with Gasteiger partial charge in [-0.1, -0.05) is 12.1 Å².